The number of hydrogen-bond donors (Lipinski definition) is 0. The second-order valence-electron chi connectivity index (χ2n) is 6.83. The first-order chi connectivity index (χ1) is 13.2. The molecule has 1 amide bonds. The minimum atomic E-state index is 0.0202. The summed E-state index contributed by atoms with van der Waals surface area (Å²) in [6.07, 6.45) is 1.74. The Bertz CT molecular complexity index is 944. The minimum absolute atomic E-state index is 0.0202. The summed E-state index contributed by atoms with van der Waals surface area (Å²) in [6, 6.07) is 18.1. The van der Waals surface area contributed by atoms with Gasteiger partial charge in [0.2, 0.25) is 0 Å². The summed E-state index contributed by atoms with van der Waals surface area (Å²) in [5.74, 6) is 0.673. The first kappa shape index (κ1) is 17.3. The molecule has 1 aliphatic heterocycles. The van der Waals surface area contributed by atoms with E-state index >= 15 is 0 Å². The lowest BCUT2D eigenvalue weighted by Crippen LogP contribution is -2.50. The van der Waals surface area contributed by atoms with Crippen LogP contribution in [0.25, 0.3) is 10.9 Å². The van der Waals surface area contributed by atoms with Gasteiger partial charge in [-0.1, -0.05) is 30.3 Å². The maximum absolute atomic E-state index is 12.6. The summed E-state index contributed by atoms with van der Waals surface area (Å²) in [5, 5.41) is 1.01. The Kier molecular flexibility index (Phi) is 4.92. The van der Waals surface area contributed by atoms with Gasteiger partial charge in [-0.2, -0.15) is 0 Å². The highest BCUT2D eigenvalue weighted by molar-refractivity contribution is 5.85. The molecule has 3 aromatic rings. The highest BCUT2D eigenvalue weighted by Crippen LogP contribution is 2.23. The largest absolute Gasteiger partial charge is 0.481 e. The van der Waals surface area contributed by atoms with Crippen molar-refractivity contribution in [1.82, 2.24) is 9.88 Å². The fourth-order valence-corrected chi connectivity index (χ4v) is 3.46. The summed E-state index contributed by atoms with van der Waals surface area (Å²) in [6.45, 7) is 5.24. The summed E-state index contributed by atoms with van der Waals surface area (Å²) >= 11 is 0. The fourth-order valence-electron chi connectivity index (χ4n) is 3.46. The summed E-state index contributed by atoms with van der Waals surface area (Å²) in [4.78, 5) is 21.1. The van der Waals surface area contributed by atoms with E-state index in [2.05, 4.69) is 41.1 Å². The van der Waals surface area contributed by atoms with E-state index in [1.54, 1.807) is 6.20 Å². The monoisotopic (exact) mass is 361 g/mol. The number of amides is 1. The molecule has 0 unspecified atom stereocenters. The number of aryl methyl sites for hydroxylation is 1. The third-order valence-corrected chi connectivity index (χ3v) is 4.95. The molecule has 1 aliphatic rings. The van der Waals surface area contributed by atoms with E-state index in [-0.39, 0.29) is 12.5 Å². The lowest BCUT2D eigenvalue weighted by atomic mass is 10.2. The van der Waals surface area contributed by atoms with Crippen LogP contribution in [0.2, 0.25) is 0 Å². The summed E-state index contributed by atoms with van der Waals surface area (Å²) in [7, 11) is 0. The van der Waals surface area contributed by atoms with E-state index in [1.165, 1.54) is 11.3 Å². The van der Waals surface area contributed by atoms with E-state index in [9.17, 15) is 4.79 Å². The van der Waals surface area contributed by atoms with Gasteiger partial charge in [-0.3, -0.25) is 9.78 Å². The van der Waals surface area contributed by atoms with E-state index in [1.807, 2.05) is 35.2 Å². The van der Waals surface area contributed by atoms with Crippen LogP contribution in [0, 0.1) is 6.92 Å². The number of fused-ring (bicyclic) bond motifs is 1. The molecule has 138 valence electrons. The first-order valence-electron chi connectivity index (χ1n) is 9.27. The average molecular weight is 361 g/mol. The number of aromatic nitrogens is 1. The molecule has 0 spiro atoms. The van der Waals surface area contributed by atoms with Crippen molar-refractivity contribution in [3.63, 3.8) is 0 Å². The molecule has 5 heteroatoms. The van der Waals surface area contributed by atoms with Crippen LogP contribution in [-0.4, -0.2) is 48.6 Å². The Balaban J connectivity index is 1.34. The van der Waals surface area contributed by atoms with Crippen LogP contribution in [0.1, 0.15) is 5.56 Å². The van der Waals surface area contributed by atoms with Crippen molar-refractivity contribution in [2.75, 3.05) is 37.7 Å². The van der Waals surface area contributed by atoms with Gasteiger partial charge >= 0.3 is 0 Å². The van der Waals surface area contributed by atoms with E-state index in [4.69, 9.17) is 4.74 Å². The molecular formula is C22H23N3O2. The Morgan fingerprint density at radius 2 is 1.81 bits per heavy atom. The number of carbonyl (C=O) groups is 1. The van der Waals surface area contributed by atoms with Gasteiger partial charge in [0.1, 0.15) is 11.3 Å². The number of para-hydroxylation sites is 1. The SMILES string of the molecule is Cc1cccc(N2CCN(C(=O)COc3cccc4cccnc34)CC2)c1. The third kappa shape index (κ3) is 3.87. The number of carbonyl (C=O) groups excluding carboxylic acids is 1. The van der Waals surface area contributed by atoms with Crippen molar-refractivity contribution in [3.8, 4) is 5.75 Å². The maximum Gasteiger partial charge on any atom is 0.260 e. The number of rotatable bonds is 4. The molecule has 0 bridgehead atoms. The highest BCUT2D eigenvalue weighted by Gasteiger charge is 2.22. The van der Waals surface area contributed by atoms with Crippen LogP contribution in [-0.2, 0) is 4.79 Å². The molecule has 0 radical (unpaired) electrons. The number of hydrogen-bond acceptors (Lipinski definition) is 4. The Hall–Kier alpha value is -3.08. The van der Waals surface area contributed by atoms with E-state index < -0.39 is 0 Å². The molecule has 4 rings (SSSR count). The lowest BCUT2D eigenvalue weighted by Gasteiger charge is -2.36. The number of anilines is 1. The summed E-state index contributed by atoms with van der Waals surface area (Å²) in [5.41, 5.74) is 3.26. The van der Waals surface area contributed by atoms with Crippen LogP contribution < -0.4 is 9.64 Å². The van der Waals surface area contributed by atoms with E-state index in [0.717, 1.165) is 24.0 Å². The van der Waals surface area contributed by atoms with Gasteiger partial charge in [-0.15, -0.1) is 0 Å². The Labute approximate surface area is 159 Å². The van der Waals surface area contributed by atoms with E-state index in [0.29, 0.717) is 18.8 Å². The van der Waals surface area contributed by atoms with Gasteiger partial charge in [-0.25, -0.2) is 0 Å². The summed E-state index contributed by atoms with van der Waals surface area (Å²) < 4.78 is 5.79. The number of piperazine rings is 1. The molecule has 0 atom stereocenters. The minimum Gasteiger partial charge on any atom is -0.481 e. The molecule has 1 fully saturated rings. The molecule has 0 N–H and O–H groups in total. The van der Waals surface area contributed by atoms with Crippen LogP contribution in [0.4, 0.5) is 5.69 Å². The zero-order valence-electron chi connectivity index (χ0n) is 15.5. The quantitative estimate of drug-likeness (QED) is 0.715. The third-order valence-electron chi connectivity index (χ3n) is 4.95. The van der Waals surface area contributed by atoms with Gasteiger partial charge < -0.3 is 14.5 Å². The normalized spacial score (nSPS) is 14.4. The van der Waals surface area contributed by atoms with Gasteiger partial charge in [0.25, 0.3) is 5.91 Å². The van der Waals surface area contributed by atoms with Crippen LogP contribution in [0.5, 0.6) is 5.75 Å². The van der Waals surface area contributed by atoms with Gasteiger partial charge in [0.05, 0.1) is 0 Å². The predicted octanol–water partition coefficient (Wildman–Crippen LogP) is 3.27. The smallest absolute Gasteiger partial charge is 0.260 e. The lowest BCUT2D eigenvalue weighted by molar-refractivity contribution is -0.133. The highest BCUT2D eigenvalue weighted by atomic mass is 16.5. The number of benzene rings is 2. The van der Waals surface area contributed by atoms with Crippen molar-refractivity contribution in [2.24, 2.45) is 0 Å². The maximum atomic E-state index is 12.6. The standard InChI is InChI=1S/C22H23N3O2/c1-17-5-2-8-19(15-17)24-11-13-25(14-12-24)21(26)16-27-20-9-3-6-18-7-4-10-23-22(18)20/h2-10,15H,11-14,16H2,1H3. The van der Waals surface area contributed by atoms with Crippen LogP contribution in [0.3, 0.4) is 0 Å². The van der Waals surface area contributed by atoms with Gasteiger partial charge in [0, 0.05) is 43.4 Å². The molecule has 2 aromatic carbocycles. The van der Waals surface area contributed by atoms with Crippen LogP contribution >= 0.6 is 0 Å². The second kappa shape index (κ2) is 7.66. The van der Waals surface area contributed by atoms with Crippen molar-refractivity contribution in [1.29, 1.82) is 0 Å². The molecule has 1 saturated heterocycles. The predicted molar refractivity (Wildman–Crippen MR) is 107 cm³/mol. The first-order valence-corrected chi connectivity index (χ1v) is 9.27. The molecule has 0 saturated carbocycles. The second-order valence-corrected chi connectivity index (χ2v) is 6.83. The zero-order chi connectivity index (χ0) is 18.6. The Morgan fingerprint density at radius 1 is 1.04 bits per heavy atom. The number of nitrogens with zero attached hydrogens (tertiary/aromatic N) is 3. The topological polar surface area (TPSA) is 45.7 Å². The zero-order valence-corrected chi connectivity index (χ0v) is 15.5. The Morgan fingerprint density at radius 3 is 2.63 bits per heavy atom. The van der Waals surface area contributed by atoms with Crippen molar-refractivity contribution >= 4 is 22.5 Å². The fraction of sp³-hybridized carbons (Fsp3) is 0.273. The van der Waals surface area contributed by atoms with Crippen molar-refractivity contribution in [3.05, 3.63) is 66.4 Å². The molecule has 5 nitrogen and oxygen atoms in total. The molecule has 27 heavy (non-hydrogen) atoms. The molecule has 2 heterocycles. The molecule has 0 aliphatic carbocycles. The van der Waals surface area contributed by atoms with Crippen LogP contribution in [0.15, 0.2) is 60.8 Å². The van der Waals surface area contributed by atoms with Gasteiger partial charge in [-0.05, 0) is 36.8 Å². The van der Waals surface area contributed by atoms with Crippen molar-refractivity contribution < 1.29 is 9.53 Å². The number of pyridine rings is 1. The molecular weight excluding hydrogens is 338 g/mol. The van der Waals surface area contributed by atoms with Crippen molar-refractivity contribution in [2.45, 2.75) is 6.92 Å². The average Bonchev–Trinajstić information content (AvgIpc) is 2.72. The number of ether oxygens (including phenoxy) is 1. The molecule has 1 aromatic heterocycles. The van der Waals surface area contributed by atoms with Gasteiger partial charge in [0.15, 0.2) is 6.61 Å².